The highest BCUT2D eigenvalue weighted by atomic mass is 16.1. The maximum Gasteiger partial charge on any atom is 0.349 e. The number of nitrogens with zero attached hydrogens (tertiary/aromatic N) is 2. The topological polar surface area (TPSA) is 60.9 Å². The number of hydrogen-bond donors (Lipinski definition) is 1. The highest BCUT2D eigenvalue weighted by molar-refractivity contribution is 5.23. The Morgan fingerprint density at radius 1 is 1.26 bits per heavy atom. The zero-order chi connectivity index (χ0) is 14.8. The summed E-state index contributed by atoms with van der Waals surface area (Å²) in [4.78, 5) is 15.6. The number of nitrogens with two attached hydrogens (primary N) is 1. The van der Waals surface area contributed by atoms with Crippen molar-refractivity contribution in [1.29, 1.82) is 0 Å². The summed E-state index contributed by atoms with van der Waals surface area (Å²) in [5.74, 6) is 0.694. The largest absolute Gasteiger partial charge is 0.383 e. The summed E-state index contributed by atoms with van der Waals surface area (Å²) in [6.07, 6.45) is 2.80. The van der Waals surface area contributed by atoms with Gasteiger partial charge in [-0.15, -0.1) is 0 Å². The van der Waals surface area contributed by atoms with Crippen molar-refractivity contribution in [1.82, 2.24) is 9.55 Å². The van der Waals surface area contributed by atoms with Crippen LogP contribution in [0.4, 0.5) is 5.82 Å². The molecule has 0 spiro atoms. The standard InChI is InChI=1S/C15H27N3O/c1-14(2,3)9-11(15(4,5)6)10-18-8-7-12(16)17-13(18)19/h7-8,11H,9-10H2,1-6H3,(H2,16,17,19)/t11-/m0/s1. The first kappa shape index (κ1) is 15.7. The molecule has 0 saturated heterocycles. The predicted molar refractivity (Wildman–Crippen MR) is 79.9 cm³/mol. The van der Waals surface area contributed by atoms with Gasteiger partial charge in [0.05, 0.1) is 0 Å². The predicted octanol–water partition coefficient (Wildman–Crippen LogP) is 2.92. The molecule has 0 unspecified atom stereocenters. The van der Waals surface area contributed by atoms with E-state index in [0.717, 1.165) is 6.42 Å². The van der Waals surface area contributed by atoms with Crippen molar-refractivity contribution in [3.05, 3.63) is 22.7 Å². The molecule has 108 valence electrons. The first-order chi connectivity index (χ1) is 8.49. The van der Waals surface area contributed by atoms with Crippen LogP contribution in [-0.4, -0.2) is 9.55 Å². The van der Waals surface area contributed by atoms with Crippen LogP contribution in [0.15, 0.2) is 17.1 Å². The fourth-order valence-corrected chi connectivity index (χ4v) is 2.20. The molecule has 0 radical (unpaired) electrons. The van der Waals surface area contributed by atoms with Crippen LogP contribution in [0, 0.1) is 16.7 Å². The molecule has 0 aromatic carbocycles. The van der Waals surface area contributed by atoms with E-state index in [1.165, 1.54) is 0 Å². The van der Waals surface area contributed by atoms with Gasteiger partial charge in [-0.25, -0.2) is 4.79 Å². The summed E-state index contributed by atoms with van der Waals surface area (Å²) in [5.41, 5.74) is 5.65. The van der Waals surface area contributed by atoms with Crippen molar-refractivity contribution >= 4 is 5.82 Å². The molecule has 1 aromatic rings. The number of hydrogen-bond acceptors (Lipinski definition) is 3. The van der Waals surface area contributed by atoms with Crippen LogP contribution >= 0.6 is 0 Å². The lowest BCUT2D eigenvalue weighted by Gasteiger charge is -2.35. The average Bonchev–Trinajstić information content (AvgIpc) is 2.17. The summed E-state index contributed by atoms with van der Waals surface area (Å²) in [5, 5.41) is 0. The molecule has 1 aromatic heterocycles. The Morgan fingerprint density at radius 2 is 1.84 bits per heavy atom. The molecular formula is C15H27N3O. The van der Waals surface area contributed by atoms with E-state index < -0.39 is 0 Å². The molecule has 2 N–H and O–H groups in total. The van der Waals surface area contributed by atoms with E-state index >= 15 is 0 Å². The summed E-state index contributed by atoms with van der Waals surface area (Å²) >= 11 is 0. The van der Waals surface area contributed by atoms with E-state index in [2.05, 4.69) is 46.5 Å². The Morgan fingerprint density at radius 3 is 2.26 bits per heavy atom. The number of rotatable bonds is 3. The van der Waals surface area contributed by atoms with Gasteiger partial charge in [0.1, 0.15) is 5.82 Å². The fraction of sp³-hybridized carbons (Fsp3) is 0.733. The maximum atomic E-state index is 11.8. The van der Waals surface area contributed by atoms with Crippen LogP contribution in [0.1, 0.15) is 48.0 Å². The van der Waals surface area contributed by atoms with E-state index in [1.807, 2.05) is 0 Å². The minimum atomic E-state index is -0.261. The minimum absolute atomic E-state index is 0.147. The van der Waals surface area contributed by atoms with Gasteiger partial charge >= 0.3 is 5.69 Å². The normalized spacial score (nSPS) is 14.4. The van der Waals surface area contributed by atoms with Crippen LogP contribution in [0.2, 0.25) is 0 Å². The Labute approximate surface area is 116 Å². The van der Waals surface area contributed by atoms with E-state index in [0.29, 0.717) is 12.5 Å². The summed E-state index contributed by atoms with van der Waals surface area (Å²) in [6.45, 7) is 14.0. The third-order valence-corrected chi connectivity index (χ3v) is 3.40. The van der Waals surface area contributed by atoms with Gasteiger partial charge in [-0.05, 0) is 29.2 Å². The number of aromatic nitrogens is 2. The third-order valence-electron chi connectivity index (χ3n) is 3.40. The van der Waals surface area contributed by atoms with Gasteiger partial charge in [-0.2, -0.15) is 4.98 Å². The Hall–Kier alpha value is -1.32. The Kier molecular flexibility index (Phi) is 4.43. The first-order valence-corrected chi connectivity index (χ1v) is 6.82. The molecule has 0 amide bonds. The summed E-state index contributed by atoms with van der Waals surface area (Å²) in [6, 6.07) is 1.68. The second kappa shape index (κ2) is 5.35. The molecule has 0 aliphatic heterocycles. The highest BCUT2D eigenvalue weighted by Crippen LogP contribution is 2.36. The maximum absolute atomic E-state index is 11.8. The lowest BCUT2D eigenvalue weighted by Crippen LogP contribution is -2.34. The first-order valence-electron chi connectivity index (χ1n) is 6.82. The van der Waals surface area contributed by atoms with Gasteiger partial charge in [0.25, 0.3) is 0 Å². The van der Waals surface area contributed by atoms with Crippen LogP contribution in [0.25, 0.3) is 0 Å². The van der Waals surface area contributed by atoms with E-state index in [-0.39, 0.29) is 22.3 Å². The van der Waals surface area contributed by atoms with Crippen molar-refractivity contribution in [3.63, 3.8) is 0 Å². The lowest BCUT2D eigenvalue weighted by molar-refractivity contribution is 0.143. The van der Waals surface area contributed by atoms with Crippen LogP contribution in [0.3, 0.4) is 0 Å². The van der Waals surface area contributed by atoms with Crippen LogP contribution in [0.5, 0.6) is 0 Å². The highest BCUT2D eigenvalue weighted by Gasteiger charge is 2.29. The number of nitrogen functional groups attached to an aromatic ring is 1. The molecule has 0 saturated carbocycles. The van der Waals surface area contributed by atoms with Gasteiger partial charge in [-0.3, -0.25) is 4.57 Å². The van der Waals surface area contributed by atoms with Crippen molar-refractivity contribution in [2.45, 2.75) is 54.5 Å². The zero-order valence-corrected chi connectivity index (χ0v) is 13.0. The molecule has 4 nitrogen and oxygen atoms in total. The fourth-order valence-electron chi connectivity index (χ4n) is 2.20. The smallest absolute Gasteiger partial charge is 0.349 e. The molecule has 1 atom stereocenters. The lowest BCUT2D eigenvalue weighted by atomic mass is 9.72. The molecule has 1 heterocycles. The molecule has 1 rings (SSSR count). The molecule has 0 fully saturated rings. The van der Waals surface area contributed by atoms with Gasteiger partial charge < -0.3 is 5.73 Å². The van der Waals surface area contributed by atoms with Crippen LogP contribution < -0.4 is 11.4 Å². The van der Waals surface area contributed by atoms with Crippen molar-refractivity contribution in [3.8, 4) is 0 Å². The second-order valence-electron chi connectivity index (χ2n) is 7.62. The van der Waals surface area contributed by atoms with Crippen molar-refractivity contribution < 1.29 is 0 Å². The van der Waals surface area contributed by atoms with Gasteiger partial charge in [0, 0.05) is 12.7 Å². The monoisotopic (exact) mass is 265 g/mol. The second-order valence-corrected chi connectivity index (χ2v) is 7.62. The average molecular weight is 265 g/mol. The molecule has 0 aliphatic carbocycles. The zero-order valence-electron chi connectivity index (χ0n) is 13.0. The quantitative estimate of drug-likeness (QED) is 0.914. The van der Waals surface area contributed by atoms with E-state index in [9.17, 15) is 4.79 Å². The SMILES string of the molecule is CC(C)(C)C[C@@H](Cn1ccc(N)nc1=O)C(C)(C)C. The van der Waals surface area contributed by atoms with Gasteiger partial charge in [0.2, 0.25) is 0 Å². The summed E-state index contributed by atoms with van der Waals surface area (Å²) < 4.78 is 1.66. The van der Waals surface area contributed by atoms with Crippen molar-refractivity contribution in [2.75, 3.05) is 5.73 Å². The van der Waals surface area contributed by atoms with Gasteiger partial charge in [0.15, 0.2) is 0 Å². The Bertz CT molecular complexity index is 477. The molecule has 0 bridgehead atoms. The van der Waals surface area contributed by atoms with E-state index in [4.69, 9.17) is 5.73 Å². The number of anilines is 1. The van der Waals surface area contributed by atoms with E-state index in [1.54, 1.807) is 16.8 Å². The van der Waals surface area contributed by atoms with Gasteiger partial charge in [-0.1, -0.05) is 41.5 Å². The third kappa shape index (κ3) is 5.05. The molecule has 0 aliphatic rings. The minimum Gasteiger partial charge on any atom is -0.383 e. The molecule has 4 heteroatoms. The Balaban J connectivity index is 2.98. The molecular weight excluding hydrogens is 238 g/mol. The summed E-state index contributed by atoms with van der Waals surface area (Å²) in [7, 11) is 0. The molecule has 19 heavy (non-hydrogen) atoms. The van der Waals surface area contributed by atoms with Crippen LogP contribution in [-0.2, 0) is 6.54 Å². The van der Waals surface area contributed by atoms with Crippen molar-refractivity contribution in [2.24, 2.45) is 16.7 Å².